The van der Waals surface area contributed by atoms with Crippen molar-refractivity contribution in [1.29, 1.82) is 0 Å². The van der Waals surface area contributed by atoms with Crippen LogP contribution in [0.2, 0.25) is 10.0 Å². The molecule has 0 aromatic heterocycles. The lowest BCUT2D eigenvalue weighted by Gasteiger charge is -2.19. The summed E-state index contributed by atoms with van der Waals surface area (Å²) in [4.78, 5) is 24.7. The highest BCUT2D eigenvalue weighted by Gasteiger charge is 2.22. The molecule has 3 rings (SSSR count). The highest BCUT2D eigenvalue weighted by atomic mass is 35.5. The molecule has 9 heteroatoms. The van der Waals surface area contributed by atoms with Gasteiger partial charge in [-0.1, -0.05) is 29.8 Å². The lowest BCUT2D eigenvalue weighted by Crippen LogP contribution is -2.23. The van der Waals surface area contributed by atoms with E-state index >= 15 is 0 Å². The van der Waals surface area contributed by atoms with E-state index in [1.807, 2.05) is 20.8 Å². The van der Waals surface area contributed by atoms with Gasteiger partial charge in [0, 0.05) is 30.0 Å². The second kappa shape index (κ2) is 13.9. The Morgan fingerprint density at radius 1 is 1.00 bits per heavy atom. The molecule has 0 spiro atoms. The fourth-order valence-corrected chi connectivity index (χ4v) is 3.91. The van der Waals surface area contributed by atoms with Gasteiger partial charge in [0.25, 0.3) is 5.91 Å². The van der Waals surface area contributed by atoms with Crippen LogP contribution in [0.25, 0.3) is 0 Å². The number of carbonyl (C=O) groups excluding carboxylic acids is 2. The van der Waals surface area contributed by atoms with E-state index in [0.29, 0.717) is 71.3 Å². The highest BCUT2D eigenvalue weighted by molar-refractivity contribution is 6.42. The molecule has 1 aliphatic rings. The fraction of sp³-hybridized carbons (Fsp3) is 0.448. The normalized spacial score (nSPS) is 13.1. The molecule has 0 aliphatic heterocycles. The first-order chi connectivity index (χ1) is 18.0. The monoisotopic (exact) mass is 562 g/mol. The van der Waals surface area contributed by atoms with Crippen LogP contribution in [0.15, 0.2) is 48.7 Å². The molecule has 1 amide bonds. The number of allylic oxidation sites excluding steroid dienone is 1. The zero-order chi connectivity index (χ0) is 27.7. The Bertz CT molecular complexity index is 1140. The largest absolute Gasteiger partial charge is 0.489 e. The van der Waals surface area contributed by atoms with Gasteiger partial charge < -0.3 is 24.8 Å². The van der Waals surface area contributed by atoms with Crippen molar-refractivity contribution in [3.63, 3.8) is 0 Å². The van der Waals surface area contributed by atoms with Crippen molar-refractivity contribution in [1.82, 2.24) is 0 Å². The number of esters is 1. The molecule has 0 atom stereocenters. The van der Waals surface area contributed by atoms with E-state index in [0.717, 1.165) is 12.1 Å². The van der Waals surface area contributed by atoms with E-state index in [9.17, 15) is 9.59 Å². The Morgan fingerprint density at radius 3 is 2.45 bits per heavy atom. The summed E-state index contributed by atoms with van der Waals surface area (Å²) in [6, 6.07) is 10.1. The summed E-state index contributed by atoms with van der Waals surface area (Å²) < 4.78 is 16.9. The minimum atomic E-state index is -0.485. The van der Waals surface area contributed by atoms with E-state index in [1.54, 1.807) is 36.4 Å². The molecule has 0 heterocycles. The molecule has 2 aromatic carbocycles. The minimum absolute atomic E-state index is 0.234. The molecule has 7 nitrogen and oxygen atoms in total. The maximum Gasteiger partial charge on any atom is 0.306 e. The van der Waals surface area contributed by atoms with Crippen molar-refractivity contribution in [3.05, 3.63) is 64.3 Å². The lowest BCUT2D eigenvalue weighted by atomic mass is 10.1. The molecular formula is C29H36Cl2N2O5. The van der Waals surface area contributed by atoms with Crippen LogP contribution >= 0.6 is 23.2 Å². The molecule has 0 radical (unpaired) electrons. The number of carbonyl (C=O) groups is 2. The fourth-order valence-electron chi connectivity index (χ4n) is 3.61. The molecule has 2 aromatic rings. The molecule has 0 bridgehead atoms. The molecule has 206 valence electrons. The number of benzene rings is 2. The second-order valence-electron chi connectivity index (χ2n) is 10.3. The molecule has 0 unspecified atom stereocenters. The van der Waals surface area contributed by atoms with Crippen molar-refractivity contribution >= 4 is 46.5 Å². The topological polar surface area (TPSA) is 85.9 Å². The minimum Gasteiger partial charge on any atom is -0.489 e. The van der Waals surface area contributed by atoms with Crippen LogP contribution in [0.4, 0.5) is 11.4 Å². The maximum atomic E-state index is 12.9. The van der Waals surface area contributed by atoms with Gasteiger partial charge in [0.05, 0.1) is 22.3 Å². The van der Waals surface area contributed by atoms with Crippen molar-refractivity contribution in [2.24, 2.45) is 5.92 Å². The molecule has 2 N–H and O–H groups in total. The maximum absolute atomic E-state index is 12.9. The molecule has 1 fully saturated rings. The number of halogens is 2. The van der Waals surface area contributed by atoms with Gasteiger partial charge >= 0.3 is 5.97 Å². The van der Waals surface area contributed by atoms with E-state index < -0.39 is 5.60 Å². The van der Waals surface area contributed by atoms with Crippen LogP contribution in [0.1, 0.15) is 63.2 Å². The van der Waals surface area contributed by atoms with Crippen molar-refractivity contribution in [2.75, 3.05) is 30.5 Å². The molecule has 1 aliphatic carbocycles. The van der Waals surface area contributed by atoms with Gasteiger partial charge in [-0.25, -0.2) is 0 Å². The van der Waals surface area contributed by atoms with Crippen molar-refractivity contribution < 1.29 is 23.8 Å². The van der Waals surface area contributed by atoms with Gasteiger partial charge in [-0.2, -0.15) is 0 Å². The summed E-state index contributed by atoms with van der Waals surface area (Å²) in [6.07, 6.45) is 4.18. The first-order valence-corrected chi connectivity index (χ1v) is 13.5. The quantitative estimate of drug-likeness (QED) is 0.183. The molecular weight excluding hydrogens is 527 g/mol. The van der Waals surface area contributed by atoms with Gasteiger partial charge in [0.2, 0.25) is 0 Å². The third-order valence-electron chi connectivity index (χ3n) is 5.54. The zero-order valence-electron chi connectivity index (χ0n) is 22.2. The van der Waals surface area contributed by atoms with Crippen LogP contribution in [0, 0.1) is 5.92 Å². The van der Waals surface area contributed by atoms with Crippen molar-refractivity contribution in [2.45, 2.75) is 58.5 Å². The van der Waals surface area contributed by atoms with Crippen LogP contribution in [0.3, 0.4) is 0 Å². The number of nitrogens with one attached hydrogen (secondary N) is 2. The average molecular weight is 564 g/mol. The number of anilines is 2. The summed E-state index contributed by atoms with van der Waals surface area (Å²) in [6.45, 7) is 10.8. The predicted molar refractivity (Wildman–Crippen MR) is 152 cm³/mol. The van der Waals surface area contributed by atoms with Crippen LogP contribution in [-0.4, -0.2) is 37.3 Å². The van der Waals surface area contributed by atoms with Gasteiger partial charge in [0.15, 0.2) is 0 Å². The number of amides is 1. The third kappa shape index (κ3) is 10.6. The number of rotatable bonds is 14. The average Bonchev–Trinajstić information content (AvgIpc) is 3.64. The van der Waals surface area contributed by atoms with Gasteiger partial charge in [0.1, 0.15) is 18.0 Å². The third-order valence-corrected chi connectivity index (χ3v) is 6.28. The Labute approximate surface area is 234 Å². The van der Waals surface area contributed by atoms with Gasteiger partial charge in [-0.15, -0.1) is 0 Å². The summed E-state index contributed by atoms with van der Waals surface area (Å²) in [5, 5.41) is 6.93. The lowest BCUT2D eigenvalue weighted by molar-refractivity contribution is -0.155. The first-order valence-electron chi connectivity index (χ1n) is 12.8. The zero-order valence-corrected chi connectivity index (χ0v) is 23.7. The van der Waals surface area contributed by atoms with Gasteiger partial charge in [-0.3, -0.25) is 9.59 Å². The Kier molecular flexibility index (Phi) is 10.9. The van der Waals surface area contributed by atoms with E-state index in [4.69, 9.17) is 37.4 Å². The molecule has 0 saturated heterocycles. The highest BCUT2D eigenvalue weighted by Crippen LogP contribution is 2.36. The SMILES string of the molecule is C=C(CC1CC1)Nc1cc(C(=O)Nc2ccc(Cl)c(Cl)c2)ccc1OCCOCCCC(=O)OC(C)(C)C. The van der Waals surface area contributed by atoms with E-state index in [2.05, 4.69) is 17.2 Å². The number of ether oxygens (including phenoxy) is 3. The Hall–Kier alpha value is -2.74. The predicted octanol–water partition coefficient (Wildman–Crippen LogP) is 7.49. The smallest absolute Gasteiger partial charge is 0.306 e. The van der Waals surface area contributed by atoms with Crippen molar-refractivity contribution in [3.8, 4) is 5.75 Å². The summed E-state index contributed by atoms with van der Waals surface area (Å²) >= 11 is 12.0. The summed E-state index contributed by atoms with van der Waals surface area (Å²) in [5.41, 5.74) is 2.03. The number of hydrogen-bond acceptors (Lipinski definition) is 6. The van der Waals surface area contributed by atoms with Crippen LogP contribution in [0.5, 0.6) is 5.75 Å². The summed E-state index contributed by atoms with van der Waals surface area (Å²) in [7, 11) is 0. The van der Waals surface area contributed by atoms with E-state index in [1.165, 1.54) is 12.8 Å². The second-order valence-corrected chi connectivity index (χ2v) is 11.1. The Balaban J connectivity index is 1.54. The number of hydrogen-bond donors (Lipinski definition) is 2. The van der Waals surface area contributed by atoms with E-state index in [-0.39, 0.29) is 11.9 Å². The van der Waals surface area contributed by atoms with Gasteiger partial charge in [-0.05, 0) is 88.8 Å². The first kappa shape index (κ1) is 29.8. The molecule has 38 heavy (non-hydrogen) atoms. The molecule has 1 saturated carbocycles. The van der Waals surface area contributed by atoms with Crippen LogP contribution in [-0.2, 0) is 14.3 Å². The van der Waals surface area contributed by atoms with Crippen LogP contribution < -0.4 is 15.4 Å². The Morgan fingerprint density at radius 2 is 1.76 bits per heavy atom. The standard InChI is InChI=1S/C29H36Cl2N2O5/c1-19(16-20-7-8-20)32-25-17-21(28(35)33-22-10-11-23(30)24(31)18-22)9-12-26(25)37-15-14-36-13-5-6-27(34)38-29(2,3)4/h9-12,17-18,20,32H,1,5-8,13-16H2,2-4H3,(H,33,35). The summed E-state index contributed by atoms with van der Waals surface area (Å²) in [5.74, 6) is 0.724.